The summed E-state index contributed by atoms with van der Waals surface area (Å²) in [5, 5.41) is 13.9. The Bertz CT molecular complexity index is 503. The van der Waals surface area contributed by atoms with Gasteiger partial charge in [0, 0.05) is 19.6 Å². The molecule has 122 valence electrons. The summed E-state index contributed by atoms with van der Waals surface area (Å²) in [6, 6.07) is 0. The Labute approximate surface area is 137 Å². The Balaban J connectivity index is 1.66. The predicted octanol–water partition coefficient (Wildman–Crippen LogP) is 1.66. The number of nitrogens with zero attached hydrogens (tertiary/aromatic N) is 2. The molecule has 1 saturated heterocycles. The molecule has 0 bridgehead atoms. The zero-order chi connectivity index (χ0) is 15.8. The Morgan fingerprint density at radius 1 is 1.41 bits per heavy atom. The van der Waals surface area contributed by atoms with Gasteiger partial charge in [-0.05, 0) is 19.3 Å². The van der Waals surface area contributed by atoms with Crippen molar-refractivity contribution in [2.75, 3.05) is 24.2 Å². The summed E-state index contributed by atoms with van der Waals surface area (Å²) in [7, 11) is 0. The minimum atomic E-state index is -0.0653. The molecule has 2 heterocycles. The van der Waals surface area contributed by atoms with E-state index in [9.17, 15) is 9.59 Å². The van der Waals surface area contributed by atoms with Crippen LogP contribution in [0.15, 0.2) is 4.34 Å². The molecule has 2 rings (SSSR count). The van der Waals surface area contributed by atoms with Crippen LogP contribution in [0, 0.1) is 0 Å². The van der Waals surface area contributed by atoms with Crippen molar-refractivity contribution in [3.8, 4) is 0 Å². The highest BCUT2D eigenvalue weighted by atomic mass is 32.2. The lowest BCUT2D eigenvalue weighted by Gasteiger charge is -2.09. The first-order chi connectivity index (χ1) is 10.7. The van der Waals surface area contributed by atoms with E-state index < -0.39 is 0 Å². The third-order valence-corrected chi connectivity index (χ3v) is 4.98. The Morgan fingerprint density at radius 3 is 3.00 bits per heavy atom. The first-order valence-corrected chi connectivity index (χ1v) is 9.12. The molecule has 2 amide bonds. The van der Waals surface area contributed by atoms with Crippen molar-refractivity contribution in [3.63, 3.8) is 0 Å². The van der Waals surface area contributed by atoms with E-state index in [1.165, 1.54) is 23.1 Å². The molecule has 0 saturated carbocycles. The quantitative estimate of drug-likeness (QED) is 0.550. The number of carbonyl (C=O) groups is 2. The van der Waals surface area contributed by atoms with Gasteiger partial charge >= 0.3 is 0 Å². The van der Waals surface area contributed by atoms with E-state index in [-0.39, 0.29) is 23.7 Å². The van der Waals surface area contributed by atoms with Gasteiger partial charge in [-0.25, -0.2) is 0 Å². The van der Waals surface area contributed by atoms with Crippen molar-refractivity contribution in [1.29, 1.82) is 0 Å². The Morgan fingerprint density at radius 2 is 2.27 bits per heavy atom. The van der Waals surface area contributed by atoms with E-state index in [0.717, 1.165) is 25.9 Å². The molecule has 1 atom stereocenters. The van der Waals surface area contributed by atoms with Gasteiger partial charge in [0.15, 0.2) is 4.34 Å². The molecule has 0 unspecified atom stereocenters. The third-order valence-electron chi connectivity index (χ3n) is 3.01. The number of nitrogens with one attached hydrogen (secondary N) is 2. The number of amides is 2. The highest BCUT2D eigenvalue weighted by Gasteiger charge is 2.16. The topological polar surface area (TPSA) is 93.2 Å². The standard InChI is InChI=1S/C13H20N4O3S2/c1-2-4-10(18)15-12-16-17-13(22-12)21-8-11(19)14-7-9-5-3-6-20-9/h9H,2-8H2,1H3,(H,14,19)(H,15,16,18)/t9-/m1/s1. The van der Waals surface area contributed by atoms with Gasteiger partial charge < -0.3 is 15.4 Å². The van der Waals surface area contributed by atoms with Gasteiger partial charge in [0.25, 0.3) is 0 Å². The number of rotatable bonds is 8. The van der Waals surface area contributed by atoms with Crippen molar-refractivity contribution >= 4 is 40.0 Å². The van der Waals surface area contributed by atoms with Crippen LogP contribution in [0.1, 0.15) is 32.6 Å². The molecule has 9 heteroatoms. The fourth-order valence-electron chi connectivity index (χ4n) is 1.94. The predicted molar refractivity (Wildman–Crippen MR) is 86.2 cm³/mol. The first kappa shape index (κ1) is 17.2. The van der Waals surface area contributed by atoms with Crippen LogP contribution in [-0.2, 0) is 14.3 Å². The largest absolute Gasteiger partial charge is 0.376 e. The van der Waals surface area contributed by atoms with Gasteiger partial charge in [0.1, 0.15) is 0 Å². The maximum Gasteiger partial charge on any atom is 0.230 e. The summed E-state index contributed by atoms with van der Waals surface area (Å²) in [6.07, 6.45) is 3.47. The molecule has 1 aliphatic heterocycles. The fraction of sp³-hybridized carbons (Fsp3) is 0.692. The second-order valence-corrected chi connectivity index (χ2v) is 7.10. The number of thioether (sulfide) groups is 1. The average molecular weight is 344 g/mol. The summed E-state index contributed by atoms with van der Waals surface area (Å²) >= 11 is 2.59. The number of aromatic nitrogens is 2. The van der Waals surface area contributed by atoms with Crippen LogP contribution in [0.2, 0.25) is 0 Å². The molecule has 2 N–H and O–H groups in total. The van der Waals surface area contributed by atoms with E-state index >= 15 is 0 Å². The lowest BCUT2D eigenvalue weighted by atomic mass is 10.2. The number of anilines is 1. The molecule has 1 aliphatic rings. The molecular weight excluding hydrogens is 324 g/mol. The van der Waals surface area contributed by atoms with Crippen LogP contribution in [0.5, 0.6) is 0 Å². The maximum atomic E-state index is 11.7. The lowest BCUT2D eigenvalue weighted by molar-refractivity contribution is -0.119. The second kappa shape index (κ2) is 9.06. The van der Waals surface area contributed by atoms with Crippen LogP contribution in [-0.4, -0.2) is 47.0 Å². The van der Waals surface area contributed by atoms with Crippen molar-refractivity contribution < 1.29 is 14.3 Å². The van der Waals surface area contributed by atoms with E-state index in [1.807, 2.05) is 6.92 Å². The molecule has 0 aromatic carbocycles. The summed E-state index contributed by atoms with van der Waals surface area (Å²) in [5.41, 5.74) is 0. The number of carbonyl (C=O) groups excluding carboxylic acids is 2. The highest BCUT2D eigenvalue weighted by Crippen LogP contribution is 2.25. The van der Waals surface area contributed by atoms with Gasteiger partial charge in [0.05, 0.1) is 11.9 Å². The Kier molecular flexibility index (Phi) is 7.07. The molecular formula is C13H20N4O3S2. The highest BCUT2D eigenvalue weighted by molar-refractivity contribution is 8.01. The molecule has 1 aromatic rings. The van der Waals surface area contributed by atoms with Crippen LogP contribution >= 0.6 is 23.1 Å². The minimum absolute atomic E-state index is 0.0488. The number of ether oxygens (including phenoxy) is 1. The molecule has 1 fully saturated rings. The van der Waals surface area contributed by atoms with Crippen molar-refractivity contribution in [2.45, 2.75) is 43.1 Å². The number of hydrogen-bond acceptors (Lipinski definition) is 7. The van der Waals surface area contributed by atoms with E-state index in [2.05, 4.69) is 20.8 Å². The smallest absolute Gasteiger partial charge is 0.230 e. The van der Waals surface area contributed by atoms with Crippen molar-refractivity contribution in [3.05, 3.63) is 0 Å². The molecule has 0 radical (unpaired) electrons. The molecule has 0 spiro atoms. The van der Waals surface area contributed by atoms with E-state index in [0.29, 0.717) is 22.4 Å². The summed E-state index contributed by atoms with van der Waals surface area (Å²) in [5.74, 6) is 0.168. The zero-order valence-electron chi connectivity index (χ0n) is 12.5. The number of hydrogen-bond donors (Lipinski definition) is 2. The maximum absolute atomic E-state index is 11.7. The van der Waals surface area contributed by atoms with E-state index in [4.69, 9.17) is 4.74 Å². The Hall–Kier alpha value is -1.19. The van der Waals surface area contributed by atoms with Crippen LogP contribution in [0.4, 0.5) is 5.13 Å². The average Bonchev–Trinajstić information content (AvgIpc) is 3.14. The third kappa shape index (κ3) is 5.90. The van der Waals surface area contributed by atoms with Gasteiger partial charge in [0.2, 0.25) is 16.9 Å². The molecule has 1 aromatic heterocycles. The van der Waals surface area contributed by atoms with Crippen LogP contribution in [0.25, 0.3) is 0 Å². The van der Waals surface area contributed by atoms with Gasteiger partial charge in [-0.1, -0.05) is 30.0 Å². The minimum Gasteiger partial charge on any atom is -0.376 e. The SMILES string of the molecule is CCCC(=O)Nc1nnc(SCC(=O)NC[C@H]2CCCO2)s1. The van der Waals surface area contributed by atoms with Crippen molar-refractivity contribution in [1.82, 2.24) is 15.5 Å². The first-order valence-electron chi connectivity index (χ1n) is 7.32. The monoisotopic (exact) mass is 344 g/mol. The van der Waals surface area contributed by atoms with Crippen LogP contribution < -0.4 is 10.6 Å². The van der Waals surface area contributed by atoms with Crippen LogP contribution in [0.3, 0.4) is 0 Å². The summed E-state index contributed by atoms with van der Waals surface area (Å²) in [6.45, 7) is 3.29. The molecule has 22 heavy (non-hydrogen) atoms. The molecule has 0 aliphatic carbocycles. The second-order valence-electron chi connectivity index (χ2n) is 4.90. The lowest BCUT2D eigenvalue weighted by Crippen LogP contribution is -2.32. The summed E-state index contributed by atoms with van der Waals surface area (Å²) in [4.78, 5) is 23.2. The summed E-state index contributed by atoms with van der Waals surface area (Å²) < 4.78 is 6.11. The van der Waals surface area contributed by atoms with E-state index in [1.54, 1.807) is 0 Å². The van der Waals surface area contributed by atoms with Gasteiger partial charge in [-0.2, -0.15) is 0 Å². The van der Waals surface area contributed by atoms with Crippen molar-refractivity contribution in [2.24, 2.45) is 0 Å². The van der Waals surface area contributed by atoms with Gasteiger partial charge in [-0.15, -0.1) is 10.2 Å². The zero-order valence-corrected chi connectivity index (χ0v) is 14.1. The fourth-order valence-corrected chi connectivity index (χ4v) is 3.54. The normalized spacial score (nSPS) is 17.4. The molecule has 7 nitrogen and oxygen atoms in total. The van der Waals surface area contributed by atoms with Gasteiger partial charge in [-0.3, -0.25) is 9.59 Å².